The Hall–Kier alpha value is -2.65. The number of esters is 1. The molecule has 0 unspecified atom stereocenters. The van der Waals surface area contributed by atoms with Crippen LogP contribution in [0.2, 0.25) is 0 Å². The van der Waals surface area contributed by atoms with Crippen molar-refractivity contribution < 1.29 is 14.3 Å². The third-order valence-corrected chi connectivity index (χ3v) is 6.05. The maximum atomic E-state index is 12.3. The first-order valence-corrected chi connectivity index (χ1v) is 11.9. The maximum Gasteiger partial charge on any atom is 0.338 e. The molecular weight excluding hydrogens is 396 g/mol. The van der Waals surface area contributed by atoms with E-state index >= 15 is 0 Å². The van der Waals surface area contributed by atoms with Gasteiger partial charge in [-0.2, -0.15) is 0 Å². The lowest BCUT2D eigenvalue weighted by Crippen LogP contribution is -2.00. The zero-order valence-electron chi connectivity index (χ0n) is 19.7. The Labute approximate surface area is 193 Å². The molecule has 0 aromatic heterocycles. The van der Waals surface area contributed by atoms with Crippen molar-refractivity contribution in [3.63, 3.8) is 0 Å². The topological polar surface area (TPSA) is 35.5 Å². The lowest BCUT2D eigenvalue weighted by molar-refractivity contribution is 0.0602. The van der Waals surface area contributed by atoms with Crippen LogP contribution in [0.15, 0.2) is 60.7 Å². The van der Waals surface area contributed by atoms with Crippen molar-refractivity contribution in [1.82, 2.24) is 0 Å². The van der Waals surface area contributed by atoms with Crippen LogP contribution < -0.4 is 0 Å². The number of carbonyl (C=O) groups excluding carboxylic acids is 1. The minimum atomic E-state index is -0.256. The third kappa shape index (κ3) is 6.67. The summed E-state index contributed by atoms with van der Waals surface area (Å²) in [6.07, 6.45) is 6.81. The second kappa shape index (κ2) is 12.4. The van der Waals surface area contributed by atoms with E-state index in [1.54, 1.807) is 0 Å². The largest absolute Gasteiger partial charge is 0.465 e. The highest BCUT2D eigenvalue weighted by Gasteiger charge is 2.20. The maximum absolute atomic E-state index is 12.3. The molecule has 0 bridgehead atoms. The number of carbonyl (C=O) groups is 1. The van der Waals surface area contributed by atoms with Crippen LogP contribution in [0.25, 0.3) is 11.1 Å². The van der Waals surface area contributed by atoms with Gasteiger partial charge < -0.3 is 9.47 Å². The number of rotatable bonds is 12. The van der Waals surface area contributed by atoms with Gasteiger partial charge in [-0.15, -0.1) is 0 Å². The van der Waals surface area contributed by atoms with Gasteiger partial charge in [0.2, 0.25) is 0 Å². The summed E-state index contributed by atoms with van der Waals surface area (Å²) in [6, 6.07) is 20.9. The average Bonchev–Trinajstić information content (AvgIpc) is 2.99. The Morgan fingerprint density at radius 2 is 1.53 bits per heavy atom. The molecule has 3 heteroatoms. The third-order valence-electron chi connectivity index (χ3n) is 6.05. The first-order chi connectivity index (χ1) is 15.6. The van der Waals surface area contributed by atoms with Gasteiger partial charge in [0.05, 0.1) is 19.3 Å². The van der Waals surface area contributed by atoms with Gasteiger partial charge in [0.15, 0.2) is 0 Å². The molecule has 32 heavy (non-hydrogen) atoms. The molecule has 0 amide bonds. The van der Waals surface area contributed by atoms with E-state index in [1.165, 1.54) is 48.6 Å². The predicted molar refractivity (Wildman–Crippen MR) is 131 cm³/mol. The Morgan fingerprint density at radius 1 is 0.844 bits per heavy atom. The average molecular weight is 433 g/mol. The number of unbranched alkanes of at least 4 members (excludes halogenated alkanes) is 4. The summed E-state index contributed by atoms with van der Waals surface area (Å²) in [4.78, 5) is 12.3. The number of ether oxygens (including phenoxy) is 2. The van der Waals surface area contributed by atoms with Crippen LogP contribution in [-0.2, 0) is 22.5 Å². The number of hydrogen-bond acceptors (Lipinski definition) is 3. The molecule has 3 rings (SSSR count). The molecule has 0 saturated carbocycles. The van der Waals surface area contributed by atoms with Gasteiger partial charge in [-0.05, 0) is 59.1 Å². The van der Waals surface area contributed by atoms with Crippen LogP contribution >= 0.6 is 0 Å². The zero-order valence-corrected chi connectivity index (χ0v) is 19.7. The van der Waals surface area contributed by atoms with Gasteiger partial charge in [0.1, 0.15) is 0 Å². The van der Waals surface area contributed by atoms with E-state index in [4.69, 9.17) is 9.47 Å². The van der Waals surface area contributed by atoms with E-state index in [9.17, 15) is 4.79 Å². The molecule has 2 aliphatic rings. The van der Waals surface area contributed by atoms with E-state index in [0.717, 1.165) is 31.4 Å². The van der Waals surface area contributed by atoms with Gasteiger partial charge in [-0.25, -0.2) is 4.79 Å². The summed E-state index contributed by atoms with van der Waals surface area (Å²) in [5.74, 6) is 0.197. The van der Waals surface area contributed by atoms with Crippen LogP contribution in [0, 0.1) is 0 Å². The summed E-state index contributed by atoms with van der Waals surface area (Å²) in [5, 5.41) is 0. The fourth-order valence-electron chi connectivity index (χ4n) is 4.12. The number of fused-ring (bicyclic) bond motifs is 1. The van der Waals surface area contributed by atoms with Crippen molar-refractivity contribution in [2.24, 2.45) is 0 Å². The molecule has 2 aliphatic carbocycles. The predicted octanol–water partition coefficient (Wildman–Crippen LogP) is 7.41. The van der Waals surface area contributed by atoms with E-state index in [-0.39, 0.29) is 5.97 Å². The zero-order chi connectivity index (χ0) is 22.8. The molecule has 0 radical (unpaired) electrons. The van der Waals surface area contributed by atoms with Gasteiger partial charge in [-0.3, -0.25) is 0 Å². The van der Waals surface area contributed by atoms with Gasteiger partial charge >= 0.3 is 5.97 Å². The fraction of sp³-hybridized carbons (Fsp3) is 0.414. The smallest absolute Gasteiger partial charge is 0.338 e. The quantitative estimate of drug-likeness (QED) is 0.221. The molecule has 3 nitrogen and oxygen atoms in total. The Kier molecular flexibility index (Phi) is 9.30. The monoisotopic (exact) mass is 432 g/mol. The Bertz CT molecular complexity index is 946. The molecule has 0 fully saturated rings. The molecule has 0 saturated heterocycles. The standard InChI is InChI=1S/C29H36O3/c1-22(2)24-15-17-26-25(20-28(29(30)31-3)27(26)18-16-24)14-10-5-4-6-11-19-32-21-23-12-8-7-9-13-23/h7-9,12-13,15-18,20,22H,4-6,10-11,14,19,21H2,1-3H3. The van der Waals surface area contributed by atoms with E-state index < -0.39 is 0 Å². The highest BCUT2D eigenvalue weighted by atomic mass is 16.5. The summed E-state index contributed by atoms with van der Waals surface area (Å²) >= 11 is 0. The highest BCUT2D eigenvalue weighted by molar-refractivity contribution is 6.00. The highest BCUT2D eigenvalue weighted by Crippen LogP contribution is 2.34. The van der Waals surface area contributed by atoms with Crippen LogP contribution in [-0.4, -0.2) is 19.7 Å². The summed E-state index contributed by atoms with van der Waals surface area (Å²) in [5.41, 5.74) is 6.60. The second-order valence-electron chi connectivity index (χ2n) is 8.78. The van der Waals surface area contributed by atoms with Crippen LogP contribution in [0.4, 0.5) is 0 Å². The van der Waals surface area contributed by atoms with Gasteiger partial charge in [0.25, 0.3) is 0 Å². The van der Waals surface area contributed by atoms with Crippen molar-refractivity contribution >= 4 is 5.97 Å². The van der Waals surface area contributed by atoms with Crippen LogP contribution in [0.1, 0.15) is 78.9 Å². The Balaban J connectivity index is 1.46. The molecule has 0 aliphatic heterocycles. The lowest BCUT2D eigenvalue weighted by atomic mass is 10.0. The van der Waals surface area contributed by atoms with Crippen LogP contribution in [0.3, 0.4) is 0 Å². The van der Waals surface area contributed by atoms with E-state index in [1.807, 2.05) is 24.3 Å². The van der Waals surface area contributed by atoms with Crippen molar-refractivity contribution in [3.05, 3.63) is 82.9 Å². The molecule has 0 atom stereocenters. The fourth-order valence-corrected chi connectivity index (χ4v) is 4.12. The summed E-state index contributed by atoms with van der Waals surface area (Å²) in [6.45, 7) is 5.90. The Morgan fingerprint density at radius 3 is 2.25 bits per heavy atom. The summed E-state index contributed by atoms with van der Waals surface area (Å²) in [7, 11) is 1.45. The molecular formula is C29H36O3. The minimum absolute atomic E-state index is 0.256. The van der Waals surface area contributed by atoms with Crippen molar-refractivity contribution in [1.29, 1.82) is 0 Å². The number of methoxy groups -OCH3 is 1. The van der Waals surface area contributed by atoms with Crippen molar-refractivity contribution in [2.75, 3.05) is 13.7 Å². The molecule has 0 spiro atoms. The lowest BCUT2D eigenvalue weighted by Gasteiger charge is -2.05. The van der Waals surface area contributed by atoms with Gasteiger partial charge in [-0.1, -0.05) is 87.7 Å². The molecule has 1 aromatic carbocycles. The molecule has 1 aromatic rings. The number of benzene rings is 1. The molecule has 170 valence electrons. The SMILES string of the molecule is COC(=O)c1cc(CCCCCCCOCc2ccccc2)c2ccc(C(C)C)ccc1-2. The van der Waals surface area contributed by atoms with Crippen LogP contribution in [0.5, 0.6) is 0 Å². The summed E-state index contributed by atoms with van der Waals surface area (Å²) < 4.78 is 10.8. The van der Waals surface area contributed by atoms with Gasteiger partial charge in [0, 0.05) is 6.61 Å². The van der Waals surface area contributed by atoms with E-state index in [0.29, 0.717) is 18.1 Å². The second-order valence-corrected chi connectivity index (χ2v) is 8.78. The first kappa shape index (κ1) is 24.0. The van der Waals surface area contributed by atoms with Crippen molar-refractivity contribution in [3.8, 4) is 11.1 Å². The van der Waals surface area contributed by atoms with Crippen molar-refractivity contribution in [2.45, 2.75) is 64.9 Å². The normalized spacial score (nSPS) is 11.2. The number of aryl methyl sites for hydroxylation is 1. The molecule has 0 heterocycles. The number of hydrogen-bond donors (Lipinski definition) is 0. The minimum Gasteiger partial charge on any atom is -0.465 e. The van der Waals surface area contributed by atoms with E-state index in [2.05, 4.69) is 50.2 Å². The molecule has 0 N–H and O–H groups in total. The first-order valence-electron chi connectivity index (χ1n) is 11.9.